The molecule has 0 spiro atoms. The minimum Gasteiger partial charge on any atom is -0.492 e. The second-order valence-corrected chi connectivity index (χ2v) is 2.56. The maximum Gasteiger partial charge on any atom is 0.204 e. The van der Waals surface area contributed by atoms with E-state index < -0.39 is 18.2 Å². The van der Waals surface area contributed by atoms with E-state index in [-0.39, 0.29) is 17.1 Å². The molecule has 0 bridgehead atoms. The molecule has 0 aromatic heterocycles. The number of aliphatic hydroxyl groups is 1. The summed E-state index contributed by atoms with van der Waals surface area (Å²) in [6.45, 7) is -0.448. The normalized spacial score (nSPS) is 10.1. The van der Waals surface area contributed by atoms with Crippen LogP contribution in [0.5, 0.6) is 11.5 Å². The van der Waals surface area contributed by atoms with Gasteiger partial charge in [0.2, 0.25) is 5.82 Å². The Labute approximate surface area is 79.9 Å². The lowest BCUT2D eigenvalue weighted by molar-refractivity contribution is 0.265. The highest BCUT2D eigenvalue weighted by atomic mass is 19.2. The molecule has 0 radical (unpaired) electrons. The molecule has 0 saturated carbocycles. The molecule has 3 nitrogen and oxygen atoms in total. The molecule has 1 aromatic carbocycles. The van der Waals surface area contributed by atoms with E-state index in [1.54, 1.807) is 0 Å². The smallest absolute Gasteiger partial charge is 0.204 e. The fourth-order valence-electron chi connectivity index (χ4n) is 1.16. The number of halogens is 2. The number of ether oxygens (including phenoxy) is 2. The first-order valence-corrected chi connectivity index (χ1v) is 3.85. The van der Waals surface area contributed by atoms with Gasteiger partial charge in [-0.15, -0.1) is 0 Å². The van der Waals surface area contributed by atoms with Crippen molar-refractivity contribution in [3.8, 4) is 11.5 Å². The molecule has 5 heteroatoms. The SMILES string of the molecule is COc1c(CO)cc(F)c(F)c1OC. The summed E-state index contributed by atoms with van der Waals surface area (Å²) in [4.78, 5) is 0. The number of benzene rings is 1. The van der Waals surface area contributed by atoms with Gasteiger partial charge in [0.15, 0.2) is 17.3 Å². The van der Waals surface area contributed by atoms with Gasteiger partial charge < -0.3 is 14.6 Å². The fourth-order valence-corrected chi connectivity index (χ4v) is 1.16. The highest BCUT2D eigenvalue weighted by molar-refractivity contribution is 5.47. The lowest BCUT2D eigenvalue weighted by Crippen LogP contribution is -2.01. The van der Waals surface area contributed by atoms with Gasteiger partial charge in [0.1, 0.15) is 0 Å². The van der Waals surface area contributed by atoms with Crippen molar-refractivity contribution in [3.63, 3.8) is 0 Å². The highest BCUT2D eigenvalue weighted by Gasteiger charge is 2.19. The summed E-state index contributed by atoms with van der Waals surface area (Å²) >= 11 is 0. The average Bonchev–Trinajstić information content (AvgIpc) is 2.20. The van der Waals surface area contributed by atoms with Crippen LogP contribution < -0.4 is 9.47 Å². The Morgan fingerprint density at radius 1 is 1.21 bits per heavy atom. The van der Waals surface area contributed by atoms with Crippen molar-refractivity contribution < 1.29 is 23.4 Å². The van der Waals surface area contributed by atoms with Gasteiger partial charge in [0.05, 0.1) is 20.8 Å². The molecule has 1 rings (SSSR count). The summed E-state index contributed by atoms with van der Waals surface area (Å²) in [6.07, 6.45) is 0. The summed E-state index contributed by atoms with van der Waals surface area (Å²) < 4.78 is 35.5. The van der Waals surface area contributed by atoms with E-state index in [9.17, 15) is 8.78 Å². The van der Waals surface area contributed by atoms with Crippen molar-refractivity contribution in [1.29, 1.82) is 0 Å². The summed E-state index contributed by atoms with van der Waals surface area (Å²) in [5.74, 6) is -2.53. The zero-order valence-electron chi connectivity index (χ0n) is 7.80. The van der Waals surface area contributed by atoms with Crippen LogP contribution in [-0.2, 0) is 6.61 Å². The van der Waals surface area contributed by atoms with Crippen LogP contribution in [0.4, 0.5) is 8.78 Å². The van der Waals surface area contributed by atoms with Gasteiger partial charge in [-0.25, -0.2) is 4.39 Å². The van der Waals surface area contributed by atoms with Crippen LogP contribution in [0.2, 0.25) is 0 Å². The number of methoxy groups -OCH3 is 2. The van der Waals surface area contributed by atoms with Gasteiger partial charge >= 0.3 is 0 Å². The second kappa shape index (κ2) is 4.23. The first kappa shape index (κ1) is 10.7. The molecule has 0 saturated heterocycles. The Balaban J connectivity index is 3.42. The number of hydrogen-bond acceptors (Lipinski definition) is 3. The predicted octanol–water partition coefficient (Wildman–Crippen LogP) is 1.47. The summed E-state index contributed by atoms with van der Waals surface area (Å²) in [5, 5.41) is 8.86. The molecule has 0 unspecified atom stereocenters. The molecule has 0 aliphatic carbocycles. The predicted molar refractivity (Wildman–Crippen MR) is 45.4 cm³/mol. The molecule has 0 atom stereocenters. The Morgan fingerprint density at radius 2 is 1.79 bits per heavy atom. The molecule has 0 fully saturated rings. The van der Waals surface area contributed by atoms with Crippen molar-refractivity contribution in [2.24, 2.45) is 0 Å². The lowest BCUT2D eigenvalue weighted by atomic mass is 10.2. The summed E-state index contributed by atoms with van der Waals surface area (Å²) in [6, 6.07) is 0.872. The van der Waals surface area contributed by atoms with E-state index in [0.717, 1.165) is 6.07 Å². The van der Waals surface area contributed by atoms with E-state index in [1.807, 2.05) is 0 Å². The zero-order valence-corrected chi connectivity index (χ0v) is 7.80. The molecule has 78 valence electrons. The lowest BCUT2D eigenvalue weighted by Gasteiger charge is -2.12. The van der Waals surface area contributed by atoms with E-state index in [2.05, 4.69) is 4.74 Å². The van der Waals surface area contributed by atoms with Crippen LogP contribution in [-0.4, -0.2) is 19.3 Å². The topological polar surface area (TPSA) is 38.7 Å². The number of rotatable bonds is 3. The van der Waals surface area contributed by atoms with Gasteiger partial charge in [-0.2, -0.15) is 4.39 Å². The molecular weight excluding hydrogens is 194 g/mol. The van der Waals surface area contributed by atoms with Crippen molar-refractivity contribution in [2.45, 2.75) is 6.61 Å². The fraction of sp³-hybridized carbons (Fsp3) is 0.333. The van der Waals surface area contributed by atoms with Crippen LogP contribution in [0, 0.1) is 11.6 Å². The maximum absolute atomic E-state index is 13.1. The van der Waals surface area contributed by atoms with Crippen molar-refractivity contribution in [1.82, 2.24) is 0 Å². The zero-order chi connectivity index (χ0) is 10.7. The summed E-state index contributed by atoms with van der Waals surface area (Å²) in [7, 11) is 2.48. The van der Waals surface area contributed by atoms with E-state index in [4.69, 9.17) is 9.84 Å². The van der Waals surface area contributed by atoms with Crippen LogP contribution in [0.1, 0.15) is 5.56 Å². The Kier molecular flexibility index (Phi) is 3.24. The van der Waals surface area contributed by atoms with Gasteiger partial charge in [0, 0.05) is 5.56 Å². The van der Waals surface area contributed by atoms with E-state index in [1.165, 1.54) is 14.2 Å². The molecule has 0 aliphatic rings. The third-order valence-corrected chi connectivity index (χ3v) is 1.79. The third-order valence-electron chi connectivity index (χ3n) is 1.79. The van der Waals surface area contributed by atoms with Gasteiger partial charge in [0.25, 0.3) is 0 Å². The third kappa shape index (κ3) is 1.63. The summed E-state index contributed by atoms with van der Waals surface area (Å²) in [5.41, 5.74) is 0.142. The molecule has 1 aromatic rings. The van der Waals surface area contributed by atoms with Gasteiger partial charge in [-0.05, 0) is 6.07 Å². The van der Waals surface area contributed by atoms with Crippen molar-refractivity contribution in [2.75, 3.05) is 14.2 Å². The van der Waals surface area contributed by atoms with Crippen LogP contribution >= 0.6 is 0 Å². The van der Waals surface area contributed by atoms with E-state index >= 15 is 0 Å². The minimum atomic E-state index is -1.12. The van der Waals surface area contributed by atoms with Crippen LogP contribution in [0.3, 0.4) is 0 Å². The molecular formula is C9H10F2O3. The average molecular weight is 204 g/mol. The standard InChI is InChI=1S/C9H10F2O3/c1-13-8-5(4-12)3-6(10)7(11)9(8)14-2/h3,12H,4H2,1-2H3. The first-order chi connectivity index (χ1) is 6.65. The number of aliphatic hydroxyl groups excluding tert-OH is 1. The largest absolute Gasteiger partial charge is 0.492 e. The molecule has 1 N–H and O–H groups in total. The highest BCUT2D eigenvalue weighted by Crippen LogP contribution is 2.35. The Bertz CT molecular complexity index is 339. The molecule has 0 heterocycles. The minimum absolute atomic E-state index is 0.00824. The maximum atomic E-state index is 13.1. The number of hydrogen-bond donors (Lipinski definition) is 1. The first-order valence-electron chi connectivity index (χ1n) is 3.85. The quantitative estimate of drug-likeness (QED) is 0.810. The molecule has 14 heavy (non-hydrogen) atoms. The van der Waals surface area contributed by atoms with Gasteiger partial charge in [-0.3, -0.25) is 0 Å². The second-order valence-electron chi connectivity index (χ2n) is 2.56. The molecule has 0 aliphatic heterocycles. The Morgan fingerprint density at radius 3 is 2.21 bits per heavy atom. The van der Waals surface area contributed by atoms with Crippen molar-refractivity contribution in [3.05, 3.63) is 23.3 Å². The Hall–Kier alpha value is -1.36. The van der Waals surface area contributed by atoms with Crippen LogP contribution in [0.25, 0.3) is 0 Å². The monoisotopic (exact) mass is 204 g/mol. The van der Waals surface area contributed by atoms with Crippen molar-refractivity contribution >= 4 is 0 Å². The van der Waals surface area contributed by atoms with E-state index in [0.29, 0.717) is 0 Å². The molecule has 0 amide bonds. The van der Waals surface area contributed by atoms with Gasteiger partial charge in [-0.1, -0.05) is 0 Å². The van der Waals surface area contributed by atoms with Crippen LogP contribution in [0.15, 0.2) is 6.07 Å².